The Hall–Kier alpha value is -2.31. The fourth-order valence-corrected chi connectivity index (χ4v) is 4.53. The summed E-state index contributed by atoms with van der Waals surface area (Å²) in [6, 6.07) is 24.1. The largest absolute Gasteiger partial charge is 0.298 e. The van der Waals surface area contributed by atoms with E-state index in [4.69, 9.17) is 0 Å². The minimum Gasteiger partial charge on any atom is -0.298 e. The van der Waals surface area contributed by atoms with Gasteiger partial charge in [-0.2, -0.15) is 0 Å². The second-order valence-corrected chi connectivity index (χ2v) is 6.67. The van der Waals surface area contributed by atoms with E-state index in [1.807, 2.05) is 42.5 Å². The van der Waals surface area contributed by atoms with Crippen LogP contribution in [0.4, 0.5) is 0 Å². The quantitative estimate of drug-likeness (QED) is 0.546. The van der Waals surface area contributed by atoms with E-state index in [0.717, 1.165) is 11.7 Å². The van der Waals surface area contributed by atoms with Gasteiger partial charge < -0.3 is 0 Å². The minimum atomic E-state index is -0.815. The number of aromatic nitrogens is 1. The molecule has 0 bridgehead atoms. The molecule has 2 aromatic carbocycles. The number of rotatable bonds is 4. The molecule has 3 aromatic rings. The van der Waals surface area contributed by atoms with Gasteiger partial charge >= 0.3 is 0 Å². The maximum atomic E-state index is 11.4. The second kappa shape index (κ2) is 6.43. The molecule has 0 aliphatic heterocycles. The molecule has 0 amide bonds. The van der Waals surface area contributed by atoms with Crippen molar-refractivity contribution in [2.24, 2.45) is 0 Å². The standard InChI is InChI=1S/C18H14NOP/c20-14-15-8-7-13-19-18(15)21(16-9-3-1-4-10-16)17-11-5-2-6-12-17/h1-14H. The van der Waals surface area contributed by atoms with Crippen molar-refractivity contribution in [1.29, 1.82) is 0 Å². The fourth-order valence-electron chi connectivity index (χ4n) is 2.24. The number of carbonyl (C=O) groups is 1. The van der Waals surface area contributed by atoms with Crippen LogP contribution in [0.15, 0.2) is 79.0 Å². The molecular weight excluding hydrogens is 277 g/mol. The first-order chi connectivity index (χ1) is 10.4. The van der Waals surface area contributed by atoms with Gasteiger partial charge in [0.2, 0.25) is 0 Å². The summed E-state index contributed by atoms with van der Waals surface area (Å²) in [4.78, 5) is 15.9. The molecule has 0 N–H and O–H groups in total. The predicted molar refractivity (Wildman–Crippen MR) is 88.3 cm³/mol. The zero-order valence-corrected chi connectivity index (χ0v) is 12.3. The van der Waals surface area contributed by atoms with Gasteiger partial charge in [-0.3, -0.25) is 9.78 Å². The lowest BCUT2D eigenvalue weighted by molar-refractivity contribution is 0.112. The van der Waals surface area contributed by atoms with E-state index in [2.05, 4.69) is 29.2 Å². The Bertz CT molecular complexity index is 689. The lowest BCUT2D eigenvalue weighted by Crippen LogP contribution is -2.25. The van der Waals surface area contributed by atoms with Crippen LogP contribution < -0.4 is 16.0 Å². The zero-order valence-electron chi connectivity index (χ0n) is 11.4. The Morgan fingerprint density at radius 2 is 1.33 bits per heavy atom. The van der Waals surface area contributed by atoms with Crippen LogP contribution in [-0.2, 0) is 0 Å². The second-order valence-electron chi connectivity index (χ2n) is 4.54. The van der Waals surface area contributed by atoms with E-state index < -0.39 is 7.92 Å². The first-order valence-electron chi connectivity index (χ1n) is 6.70. The summed E-state index contributed by atoms with van der Waals surface area (Å²) in [6.07, 6.45) is 2.65. The van der Waals surface area contributed by atoms with Gasteiger partial charge in [-0.1, -0.05) is 60.7 Å². The molecular formula is C18H14NOP. The maximum Gasteiger partial charge on any atom is 0.152 e. The summed E-state index contributed by atoms with van der Waals surface area (Å²) in [5, 5.41) is 2.39. The molecule has 3 heteroatoms. The van der Waals surface area contributed by atoms with E-state index in [0.29, 0.717) is 5.56 Å². The van der Waals surface area contributed by atoms with Crippen molar-refractivity contribution < 1.29 is 4.79 Å². The molecule has 0 saturated carbocycles. The van der Waals surface area contributed by atoms with Crippen LogP contribution in [0, 0.1) is 0 Å². The summed E-state index contributed by atoms with van der Waals surface area (Å²) in [5.41, 5.74) is 1.52. The molecule has 0 aliphatic rings. The van der Waals surface area contributed by atoms with Crippen molar-refractivity contribution in [3.8, 4) is 0 Å². The Labute approximate surface area is 125 Å². The monoisotopic (exact) mass is 291 g/mol. The summed E-state index contributed by atoms with van der Waals surface area (Å²) < 4.78 is 0. The van der Waals surface area contributed by atoms with Crippen LogP contribution in [-0.4, -0.2) is 11.3 Å². The fraction of sp³-hybridized carbons (Fsp3) is 0. The number of nitrogens with zero attached hydrogens (tertiary/aromatic N) is 1. The molecule has 102 valence electrons. The van der Waals surface area contributed by atoms with E-state index in [9.17, 15) is 4.79 Å². The van der Waals surface area contributed by atoms with Gasteiger partial charge in [0.25, 0.3) is 0 Å². The van der Waals surface area contributed by atoms with Gasteiger partial charge in [-0.15, -0.1) is 0 Å². The average molecular weight is 291 g/mol. The summed E-state index contributed by atoms with van der Waals surface area (Å²) in [7, 11) is -0.815. The van der Waals surface area contributed by atoms with Crippen LogP contribution in [0.1, 0.15) is 10.4 Å². The van der Waals surface area contributed by atoms with Gasteiger partial charge in [-0.25, -0.2) is 0 Å². The van der Waals surface area contributed by atoms with E-state index >= 15 is 0 Å². The number of aldehydes is 1. The molecule has 0 spiro atoms. The Morgan fingerprint density at radius 3 is 1.86 bits per heavy atom. The third kappa shape index (κ3) is 2.91. The normalized spacial score (nSPS) is 10.5. The number of hydrogen-bond acceptors (Lipinski definition) is 2. The highest BCUT2D eigenvalue weighted by Crippen LogP contribution is 2.32. The third-order valence-electron chi connectivity index (χ3n) is 3.18. The summed E-state index contributed by atoms with van der Waals surface area (Å²) >= 11 is 0. The number of carbonyl (C=O) groups excluding carboxylic acids is 1. The zero-order chi connectivity index (χ0) is 14.5. The predicted octanol–water partition coefficient (Wildman–Crippen LogP) is 2.65. The van der Waals surface area contributed by atoms with Crippen molar-refractivity contribution in [3.05, 3.63) is 84.6 Å². The van der Waals surface area contributed by atoms with E-state index in [1.54, 1.807) is 12.3 Å². The molecule has 0 unspecified atom stereocenters. The van der Waals surface area contributed by atoms with Gasteiger partial charge in [0.15, 0.2) is 6.29 Å². The van der Waals surface area contributed by atoms with Crippen molar-refractivity contribution in [2.75, 3.05) is 0 Å². The number of pyridine rings is 1. The van der Waals surface area contributed by atoms with Crippen molar-refractivity contribution >= 4 is 30.3 Å². The van der Waals surface area contributed by atoms with Gasteiger partial charge in [0.05, 0.1) is 5.44 Å². The molecule has 21 heavy (non-hydrogen) atoms. The average Bonchev–Trinajstić information content (AvgIpc) is 2.58. The van der Waals surface area contributed by atoms with Crippen LogP contribution in [0.2, 0.25) is 0 Å². The van der Waals surface area contributed by atoms with Crippen LogP contribution in [0.25, 0.3) is 0 Å². The molecule has 0 fully saturated rings. The van der Waals surface area contributed by atoms with Gasteiger partial charge in [0, 0.05) is 19.7 Å². The third-order valence-corrected chi connectivity index (χ3v) is 5.61. The van der Waals surface area contributed by atoms with Crippen molar-refractivity contribution in [2.45, 2.75) is 0 Å². The van der Waals surface area contributed by atoms with Gasteiger partial charge in [0.1, 0.15) is 0 Å². The first-order valence-corrected chi connectivity index (χ1v) is 8.05. The van der Waals surface area contributed by atoms with Crippen LogP contribution in [0.5, 0.6) is 0 Å². The minimum absolute atomic E-state index is 0.663. The van der Waals surface area contributed by atoms with E-state index in [-0.39, 0.29) is 0 Å². The molecule has 3 rings (SSSR count). The van der Waals surface area contributed by atoms with Crippen molar-refractivity contribution in [1.82, 2.24) is 4.98 Å². The van der Waals surface area contributed by atoms with Gasteiger partial charge in [-0.05, 0) is 22.7 Å². The SMILES string of the molecule is O=Cc1cccnc1P(c1ccccc1)c1ccccc1. The van der Waals surface area contributed by atoms with Crippen molar-refractivity contribution in [3.63, 3.8) is 0 Å². The van der Waals surface area contributed by atoms with Crippen LogP contribution in [0.3, 0.4) is 0 Å². The Morgan fingerprint density at radius 1 is 0.762 bits per heavy atom. The molecule has 1 heterocycles. The Kier molecular flexibility index (Phi) is 4.18. The highest BCUT2D eigenvalue weighted by molar-refractivity contribution is 7.79. The van der Waals surface area contributed by atoms with Crippen LogP contribution >= 0.6 is 7.92 Å². The lowest BCUT2D eigenvalue weighted by Gasteiger charge is -2.19. The molecule has 0 radical (unpaired) electrons. The summed E-state index contributed by atoms with van der Waals surface area (Å²) in [5.74, 6) is 0. The topological polar surface area (TPSA) is 30.0 Å². The first kappa shape index (κ1) is 13.7. The molecule has 0 aliphatic carbocycles. The molecule has 2 nitrogen and oxygen atoms in total. The highest BCUT2D eigenvalue weighted by atomic mass is 31.1. The molecule has 0 saturated heterocycles. The smallest absolute Gasteiger partial charge is 0.152 e. The highest BCUT2D eigenvalue weighted by Gasteiger charge is 2.20. The molecule has 1 aromatic heterocycles. The molecule has 0 atom stereocenters. The number of benzene rings is 2. The maximum absolute atomic E-state index is 11.4. The summed E-state index contributed by atoms with van der Waals surface area (Å²) in [6.45, 7) is 0. The van der Waals surface area contributed by atoms with E-state index in [1.165, 1.54) is 10.6 Å². The number of hydrogen-bond donors (Lipinski definition) is 0. The lowest BCUT2D eigenvalue weighted by atomic mass is 10.3. The Balaban J connectivity index is 2.20.